The number of piperazine rings is 1. The smallest absolute Gasteiger partial charge is 0.0335 e. The summed E-state index contributed by atoms with van der Waals surface area (Å²) in [6.45, 7) is 3.65. The number of likely N-dealkylation sites (N-methyl/N-ethyl adjacent to an activating group) is 1. The molecule has 0 spiro atoms. The summed E-state index contributed by atoms with van der Waals surface area (Å²) < 4.78 is 0. The van der Waals surface area contributed by atoms with Gasteiger partial charge in [-0.15, -0.1) is 0 Å². The van der Waals surface area contributed by atoms with Crippen LogP contribution >= 0.6 is 0 Å². The maximum absolute atomic E-state index is 2.80. The lowest BCUT2D eigenvalue weighted by atomic mass is 9.82. The minimum atomic E-state index is 0.459. The lowest BCUT2D eigenvalue weighted by molar-refractivity contribution is 0.0567. The molecule has 0 radical (unpaired) electrons. The normalized spacial score (nSPS) is 25.7. The van der Waals surface area contributed by atoms with Crippen molar-refractivity contribution in [1.29, 1.82) is 0 Å². The second kappa shape index (κ2) is 6.46. The Morgan fingerprint density at radius 1 is 0.870 bits per heavy atom. The Balaban J connectivity index is 1.75. The third-order valence-electron chi connectivity index (χ3n) is 5.57. The second-order valence-corrected chi connectivity index (χ2v) is 7.12. The average molecular weight is 306 g/mol. The first-order valence-corrected chi connectivity index (χ1v) is 8.87. The molecule has 2 saturated heterocycles. The monoisotopic (exact) mass is 306 g/mol. The van der Waals surface area contributed by atoms with Crippen molar-refractivity contribution in [2.45, 2.75) is 30.8 Å². The maximum atomic E-state index is 2.80. The number of nitrogens with zero attached hydrogens (tertiary/aromatic N) is 2. The molecule has 2 aromatic rings. The van der Waals surface area contributed by atoms with E-state index in [1.54, 1.807) is 0 Å². The Hall–Kier alpha value is -1.64. The summed E-state index contributed by atoms with van der Waals surface area (Å²) in [7, 11) is 2.29. The Morgan fingerprint density at radius 3 is 2.09 bits per heavy atom. The highest BCUT2D eigenvalue weighted by Crippen LogP contribution is 2.37. The van der Waals surface area contributed by atoms with Gasteiger partial charge in [0, 0.05) is 31.1 Å². The van der Waals surface area contributed by atoms with Crippen LogP contribution in [-0.4, -0.2) is 48.6 Å². The number of hydrogen-bond donors (Lipinski definition) is 0. The van der Waals surface area contributed by atoms with Crippen LogP contribution in [0, 0.1) is 0 Å². The first kappa shape index (κ1) is 14.9. The predicted molar refractivity (Wildman–Crippen MR) is 95.7 cm³/mol. The molecule has 2 heterocycles. The van der Waals surface area contributed by atoms with Gasteiger partial charge in [-0.3, -0.25) is 4.90 Å². The van der Waals surface area contributed by atoms with Gasteiger partial charge in [-0.25, -0.2) is 0 Å². The highest BCUT2D eigenvalue weighted by Gasteiger charge is 2.40. The molecule has 2 heteroatoms. The summed E-state index contributed by atoms with van der Waals surface area (Å²) in [6, 6.07) is 23.5. The van der Waals surface area contributed by atoms with Crippen LogP contribution in [-0.2, 0) is 0 Å². The van der Waals surface area contributed by atoms with Gasteiger partial charge in [0.2, 0.25) is 0 Å². The molecule has 0 aliphatic carbocycles. The van der Waals surface area contributed by atoms with Gasteiger partial charge in [0.25, 0.3) is 0 Å². The van der Waals surface area contributed by atoms with E-state index in [1.807, 2.05) is 0 Å². The molecule has 2 unspecified atom stereocenters. The van der Waals surface area contributed by atoms with Crippen molar-refractivity contribution in [3.63, 3.8) is 0 Å². The second-order valence-electron chi connectivity index (χ2n) is 7.12. The third-order valence-corrected chi connectivity index (χ3v) is 5.57. The van der Waals surface area contributed by atoms with Crippen LogP contribution in [0.4, 0.5) is 0 Å². The predicted octanol–water partition coefficient (Wildman–Crippen LogP) is 3.60. The molecule has 2 fully saturated rings. The molecule has 2 atom stereocenters. The summed E-state index contributed by atoms with van der Waals surface area (Å²) in [5.74, 6) is 0.459. The molecule has 2 aliphatic rings. The van der Waals surface area contributed by atoms with Gasteiger partial charge < -0.3 is 4.90 Å². The SMILES string of the molecule is CN1CC2CCCN2C(C(c2ccccc2)c2ccccc2)C1. The molecule has 2 aliphatic heterocycles. The van der Waals surface area contributed by atoms with Gasteiger partial charge in [0.1, 0.15) is 0 Å². The van der Waals surface area contributed by atoms with E-state index in [0.717, 1.165) is 12.6 Å². The molecule has 0 N–H and O–H groups in total. The highest BCUT2D eigenvalue weighted by molar-refractivity contribution is 5.35. The minimum absolute atomic E-state index is 0.459. The summed E-state index contributed by atoms with van der Waals surface area (Å²) in [5.41, 5.74) is 2.90. The number of rotatable bonds is 3. The van der Waals surface area contributed by atoms with Gasteiger partial charge >= 0.3 is 0 Å². The molecular weight excluding hydrogens is 280 g/mol. The fraction of sp³-hybridized carbons (Fsp3) is 0.429. The zero-order valence-electron chi connectivity index (χ0n) is 13.9. The van der Waals surface area contributed by atoms with Crippen molar-refractivity contribution in [2.75, 3.05) is 26.7 Å². The number of fused-ring (bicyclic) bond motifs is 1. The van der Waals surface area contributed by atoms with E-state index in [9.17, 15) is 0 Å². The average Bonchev–Trinajstić information content (AvgIpc) is 3.05. The van der Waals surface area contributed by atoms with Crippen molar-refractivity contribution in [3.8, 4) is 0 Å². The van der Waals surface area contributed by atoms with E-state index in [4.69, 9.17) is 0 Å². The molecule has 23 heavy (non-hydrogen) atoms. The molecule has 0 bridgehead atoms. The fourth-order valence-electron chi connectivity index (χ4n) is 4.60. The summed E-state index contributed by atoms with van der Waals surface area (Å²) in [6.07, 6.45) is 2.71. The Labute approximate surface area is 139 Å². The lowest BCUT2D eigenvalue weighted by Gasteiger charge is -2.46. The van der Waals surface area contributed by atoms with Gasteiger partial charge in [0.05, 0.1) is 0 Å². The standard InChI is InChI=1S/C21H26N2/c1-22-15-19-13-8-14-23(19)20(16-22)21(17-9-4-2-5-10-17)18-11-6-3-7-12-18/h2-7,9-12,19-21H,8,13-16H2,1H3. The molecule has 0 amide bonds. The van der Waals surface area contributed by atoms with Crippen LogP contribution in [0.25, 0.3) is 0 Å². The van der Waals surface area contributed by atoms with Gasteiger partial charge in [0.15, 0.2) is 0 Å². The van der Waals surface area contributed by atoms with Crippen molar-refractivity contribution in [2.24, 2.45) is 0 Å². The zero-order chi connectivity index (χ0) is 15.6. The largest absolute Gasteiger partial charge is 0.303 e. The summed E-state index contributed by atoms with van der Waals surface area (Å²) >= 11 is 0. The maximum Gasteiger partial charge on any atom is 0.0335 e. The van der Waals surface area contributed by atoms with Gasteiger partial charge in [-0.1, -0.05) is 60.7 Å². The van der Waals surface area contributed by atoms with Crippen LogP contribution in [0.1, 0.15) is 29.9 Å². The highest BCUT2D eigenvalue weighted by atomic mass is 15.3. The topological polar surface area (TPSA) is 6.48 Å². The van der Waals surface area contributed by atoms with Crippen LogP contribution in [0.2, 0.25) is 0 Å². The first-order chi connectivity index (χ1) is 11.3. The van der Waals surface area contributed by atoms with Crippen molar-refractivity contribution in [1.82, 2.24) is 9.80 Å². The third kappa shape index (κ3) is 2.93. The van der Waals surface area contributed by atoms with E-state index in [0.29, 0.717) is 12.0 Å². The molecule has 0 saturated carbocycles. The van der Waals surface area contributed by atoms with Crippen LogP contribution in [0.3, 0.4) is 0 Å². The number of benzene rings is 2. The quantitative estimate of drug-likeness (QED) is 0.855. The Bertz CT molecular complexity index is 585. The van der Waals surface area contributed by atoms with E-state index < -0.39 is 0 Å². The van der Waals surface area contributed by atoms with Crippen LogP contribution in [0.5, 0.6) is 0 Å². The molecule has 0 aromatic heterocycles. The van der Waals surface area contributed by atoms with Gasteiger partial charge in [-0.2, -0.15) is 0 Å². The molecular formula is C21H26N2. The van der Waals surface area contributed by atoms with E-state index in [-0.39, 0.29) is 0 Å². The van der Waals surface area contributed by atoms with Crippen molar-refractivity contribution >= 4 is 0 Å². The zero-order valence-corrected chi connectivity index (χ0v) is 13.9. The fourth-order valence-corrected chi connectivity index (χ4v) is 4.60. The van der Waals surface area contributed by atoms with Crippen LogP contribution < -0.4 is 0 Å². The van der Waals surface area contributed by atoms with E-state index in [1.165, 1.54) is 37.1 Å². The molecule has 2 nitrogen and oxygen atoms in total. The molecule has 2 aromatic carbocycles. The minimum Gasteiger partial charge on any atom is -0.303 e. The van der Waals surface area contributed by atoms with Crippen molar-refractivity contribution in [3.05, 3.63) is 71.8 Å². The van der Waals surface area contributed by atoms with E-state index >= 15 is 0 Å². The molecule has 120 valence electrons. The summed E-state index contributed by atoms with van der Waals surface area (Å²) in [4.78, 5) is 5.33. The van der Waals surface area contributed by atoms with Crippen molar-refractivity contribution < 1.29 is 0 Å². The molecule has 4 rings (SSSR count). The van der Waals surface area contributed by atoms with Crippen LogP contribution in [0.15, 0.2) is 60.7 Å². The van der Waals surface area contributed by atoms with Gasteiger partial charge in [-0.05, 0) is 37.6 Å². The van der Waals surface area contributed by atoms with E-state index in [2.05, 4.69) is 77.5 Å². The number of hydrogen-bond acceptors (Lipinski definition) is 2. The lowest BCUT2D eigenvalue weighted by Crippen LogP contribution is -2.57. The Morgan fingerprint density at radius 2 is 1.48 bits per heavy atom. The first-order valence-electron chi connectivity index (χ1n) is 8.87. The summed E-state index contributed by atoms with van der Waals surface area (Å²) in [5, 5.41) is 0. The Kier molecular flexibility index (Phi) is 4.19.